The Hall–Kier alpha value is -0.860. The van der Waals surface area contributed by atoms with Crippen LogP contribution in [0.4, 0.5) is 0 Å². The number of aryl methyl sites for hydroxylation is 1. The van der Waals surface area contributed by atoms with Crippen LogP contribution in [0.1, 0.15) is 31.2 Å². The van der Waals surface area contributed by atoms with E-state index in [1.165, 1.54) is 31.2 Å². The lowest BCUT2D eigenvalue weighted by atomic mass is 10.1. The third-order valence-electron chi connectivity index (χ3n) is 3.39. The molecule has 0 bridgehead atoms. The molecule has 1 saturated carbocycles. The van der Waals surface area contributed by atoms with Crippen molar-refractivity contribution in [2.45, 2.75) is 44.2 Å². The van der Waals surface area contributed by atoms with Crippen LogP contribution in [0.5, 0.6) is 0 Å². The molecule has 2 atom stereocenters. The molecule has 1 aliphatic rings. The Labute approximate surface area is 98.2 Å². The van der Waals surface area contributed by atoms with Crippen LogP contribution in [-0.4, -0.2) is 18.6 Å². The van der Waals surface area contributed by atoms with Gasteiger partial charge in [0.15, 0.2) is 0 Å². The van der Waals surface area contributed by atoms with Crippen LogP contribution in [0.15, 0.2) is 30.3 Å². The number of hydrogen-bond donors (Lipinski definition) is 2. The van der Waals surface area contributed by atoms with Crippen molar-refractivity contribution >= 4 is 0 Å². The van der Waals surface area contributed by atoms with E-state index in [9.17, 15) is 0 Å². The number of benzene rings is 1. The van der Waals surface area contributed by atoms with Crippen molar-refractivity contribution in [3.05, 3.63) is 35.9 Å². The standard InChI is InChI=1S/C14H22N2/c15-13-8-9-14(11-13)16-10-4-7-12-5-2-1-3-6-12/h1-3,5-6,13-14,16H,4,7-11,15H2. The van der Waals surface area contributed by atoms with Crippen molar-refractivity contribution in [1.82, 2.24) is 5.32 Å². The lowest BCUT2D eigenvalue weighted by Gasteiger charge is -2.11. The molecule has 2 rings (SSSR count). The summed E-state index contributed by atoms with van der Waals surface area (Å²) in [4.78, 5) is 0. The molecule has 0 saturated heterocycles. The summed E-state index contributed by atoms with van der Waals surface area (Å²) in [5.74, 6) is 0. The molecule has 16 heavy (non-hydrogen) atoms. The molecule has 1 aromatic rings. The van der Waals surface area contributed by atoms with Gasteiger partial charge in [0.05, 0.1) is 0 Å². The van der Waals surface area contributed by atoms with Gasteiger partial charge in [0.25, 0.3) is 0 Å². The predicted molar refractivity (Wildman–Crippen MR) is 68.4 cm³/mol. The SMILES string of the molecule is NC1CCC(NCCCc2ccccc2)C1. The van der Waals surface area contributed by atoms with Crippen molar-refractivity contribution in [2.75, 3.05) is 6.54 Å². The molecule has 1 aliphatic carbocycles. The summed E-state index contributed by atoms with van der Waals surface area (Å²) in [5.41, 5.74) is 7.32. The molecule has 88 valence electrons. The second kappa shape index (κ2) is 6.02. The lowest BCUT2D eigenvalue weighted by Crippen LogP contribution is -2.29. The summed E-state index contributed by atoms with van der Waals surface area (Å²) in [6, 6.07) is 11.8. The van der Waals surface area contributed by atoms with Gasteiger partial charge in [-0.2, -0.15) is 0 Å². The minimum Gasteiger partial charge on any atom is -0.328 e. The van der Waals surface area contributed by atoms with Crippen LogP contribution in [0.3, 0.4) is 0 Å². The quantitative estimate of drug-likeness (QED) is 0.743. The number of rotatable bonds is 5. The van der Waals surface area contributed by atoms with Gasteiger partial charge in [-0.3, -0.25) is 0 Å². The summed E-state index contributed by atoms with van der Waals surface area (Å²) < 4.78 is 0. The zero-order valence-electron chi connectivity index (χ0n) is 9.86. The fourth-order valence-electron chi connectivity index (χ4n) is 2.45. The van der Waals surface area contributed by atoms with Crippen molar-refractivity contribution in [2.24, 2.45) is 5.73 Å². The van der Waals surface area contributed by atoms with Crippen LogP contribution in [-0.2, 0) is 6.42 Å². The number of nitrogens with two attached hydrogens (primary N) is 1. The first-order chi connectivity index (χ1) is 7.84. The Morgan fingerprint density at radius 3 is 2.69 bits per heavy atom. The summed E-state index contributed by atoms with van der Waals surface area (Å²) in [5, 5.41) is 3.60. The second-order valence-electron chi connectivity index (χ2n) is 4.81. The summed E-state index contributed by atoms with van der Waals surface area (Å²) in [7, 11) is 0. The Morgan fingerprint density at radius 1 is 1.19 bits per heavy atom. The second-order valence-corrected chi connectivity index (χ2v) is 4.81. The number of nitrogens with one attached hydrogen (secondary N) is 1. The van der Waals surface area contributed by atoms with E-state index >= 15 is 0 Å². The maximum Gasteiger partial charge on any atom is 0.00823 e. The van der Waals surface area contributed by atoms with Crippen LogP contribution in [0, 0.1) is 0 Å². The van der Waals surface area contributed by atoms with Gasteiger partial charge in [0.2, 0.25) is 0 Å². The molecular weight excluding hydrogens is 196 g/mol. The highest BCUT2D eigenvalue weighted by atomic mass is 14.9. The van der Waals surface area contributed by atoms with Crippen molar-refractivity contribution in [3.63, 3.8) is 0 Å². The van der Waals surface area contributed by atoms with Gasteiger partial charge in [-0.05, 0) is 44.2 Å². The molecular formula is C14H22N2. The van der Waals surface area contributed by atoms with Gasteiger partial charge >= 0.3 is 0 Å². The highest BCUT2D eigenvalue weighted by Crippen LogP contribution is 2.16. The Balaban J connectivity index is 1.59. The first-order valence-electron chi connectivity index (χ1n) is 6.37. The van der Waals surface area contributed by atoms with Gasteiger partial charge in [-0.1, -0.05) is 30.3 Å². The molecule has 1 aromatic carbocycles. The summed E-state index contributed by atoms with van der Waals surface area (Å²) in [6.45, 7) is 1.12. The Kier molecular flexibility index (Phi) is 4.37. The lowest BCUT2D eigenvalue weighted by molar-refractivity contribution is 0.509. The minimum atomic E-state index is 0.437. The van der Waals surface area contributed by atoms with Crippen LogP contribution >= 0.6 is 0 Å². The van der Waals surface area contributed by atoms with Gasteiger partial charge in [-0.25, -0.2) is 0 Å². The van der Waals surface area contributed by atoms with E-state index in [0.717, 1.165) is 13.0 Å². The van der Waals surface area contributed by atoms with Gasteiger partial charge < -0.3 is 11.1 Å². The molecule has 2 nitrogen and oxygen atoms in total. The molecule has 2 heteroatoms. The van der Waals surface area contributed by atoms with E-state index < -0.39 is 0 Å². The van der Waals surface area contributed by atoms with Crippen LogP contribution in [0.25, 0.3) is 0 Å². The maximum atomic E-state index is 5.88. The highest BCUT2D eigenvalue weighted by molar-refractivity contribution is 5.14. The molecule has 0 amide bonds. The van der Waals surface area contributed by atoms with Crippen LogP contribution in [0.2, 0.25) is 0 Å². The maximum absolute atomic E-state index is 5.88. The average Bonchev–Trinajstić information content (AvgIpc) is 2.72. The van der Waals surface area contributed by atoms with Crippen molar-refractivity contribution in [1.29, 1.82) is 0 Å². The first kappa shape index (κ1) is 11.6. The Morgan fingerprint density at radius 2 is 2.00 bits per heavy atom. The van der Waals surface area contributed by atoms with E-state index in [4.69, 9.17) is 5.73 Å². The zero-order chi connectivity index (χ0) is 11.2. The van der Waals surface area contributed by atoms with Crippen LogP contribution < -0.4 is 11.1 Å². The largest absolute Gasteiger partial charge is 0.328 e. The minimum absolute atomic E-state index is 0.437. The fraction of sp³-hybridized carbons (Fsp3) is 0.571. The third kappa shape index (κ3) is 3.62. The molecule has 0 spiro atoms. The highest BCUT2D eigenvalue weighted by Gasteiger charge is 2.20. The van der Waals surface area contributed by atoms with Gasteiger partial charge in [0, 0.05) is 12.1 Å². The molecule has 0 heterocycles. The van der Waals surface area contributed by atoms with E-state index in [2.05, 4.69) is 35.6 Å². The fourth-order valence-corrected chi connectivity index (χ4v) is 2.45. The predicted octanol–water partition coefficient (Wildman–Crippen LogP) is 2.09. The first-order valence-corrected chi connectivity index (χ1v) is 6.37. The van der Waals surface area contributed by atoms with Gasteiger partial charge in [-0.15, -0.1) is 0 Å². The average molecular weight is 218 g/mol. The van der Waals surface area contributed by atoms with Crippen molar-refractivity contribution < 1.29 is 0 Å². The summed E-state index contributed by atoms with van der Waals surface area (Å²) >= 11 is 0. The van der Waals surface area contributed by atoms with E-state index in [1.807, 2.05) is 0 Å². The van der Waals surface area contributed by atoms with E-state index in [1.54, 1.807) is 0 Å². The molecule has 2 unspecified atom stereocenters. The zero-order valence-corrected chi connectivity index (χ0v) is 9.86. The smallest absolute Gasteiger partial charge is 0.00823 e. The molecule has 0 aliphatic heterocycles. The van der Waals surface area contributed by atoms with E-state index in [-0.39, 0.29) is 0 Å². The monoisotopic (exact) mass is 218 g/mol. The van der Waals surface area contributed by atoms with Crippen molar-refractivity contribution in [3.8, 4) is 0 Å². The topological polar surface area (TPSA) is 38.0 Å². The third-order valence-corrected chi connectivity index (χ3v) is 3.39. The molecule has 3 N–H and O–H groups in total. The molecule has 0 aromatic heterocycles. The van der Waals surface area contributed by atoms with E-state index in [0.29, 0.717) is 12.1 Å². The Bertz CT molecular complexity index is 297. The van der Waals surface area contributed by atoms with Gasteiger partial charge in [0.1, 0.15) is 0 Å². The normalized spacial score (nSPS) is 24.8. The molecule has 1 fully saturated rings. The summed E-state index contributed by atoms with van der Waals surface area (Å²) in [6.07, 6.45) is 6.00. The molecule has 0 radical (unpaired) electrons. The number of hydrogen-bond acceptors (Lipinski definition) is 2.